The first-order valence-corrected chi connectivity index (χ1v) is 8.00. The first-order valence-electron chi connectivity index (χ1n) is 8.00. The van der Waals surface area contributed by atoms with E-state index in [-0.39, 0.29) is 5.82 Å². The third-order valence-electron chi connectivity index (χ3n) is 4.50. The van der Waals surface area contributed by atoms with Gasteiger partial charge in [-0.3, -0.25) is 0 Å². The van der Waals surface area contributed by atoms with Crippen LogP contribution in [0.15, 0.2) is 48.7 Å². The minimum absolute atomic E-state index is 0.143. The number of hydrogen-bond acceptors (Lipinski definition) is 6. The summed E-state index contributed by atoms with van der Waals surface area (Å²) in [5, 5.41) is 15.5. The second-order valence-corrected chi connectivity index (χ2v) is 6.20. The Bertz CT molecular complexity index is 926. The lowest BCUT2D eigenvalue weighted by Gasteiger charge is -2.41. The van der Waals surface area contributed by atoms with Gasteiger partial charge in [-0.25, -0.2) is 4.98 Å². The molecule has 0 bridgehead atoms. The van der Waals surface area contributed by atoms with Crippen molar-refractivity contribution in [3.63, 3.8) is 0 Å². The quantitative estimate of drug-likeness (QED) is 0.538. The second-order valence-electron chi connectivity index (χ2n) is 6.20. The molecule has 4 rings (SSSR count). The van der Waals surface area contributed by atoms with Gasteiger partial charge < -0.3 is 19.8 Å². The molecule has 0 radical (unpaired) electrons. The van der Waals surface area contributed by atoms with Crippen molar-refractivity contribution in [1.29, 1.82) is 0 Å². The fraction of sp³-hybridized carbons (Fsp3) is 0.294. The molecule has 3 aromatic rings. The van der Waals surface area contributed by atoms with Gasteiger partial charge in [0, 0.05) is 12.6 Å². The number of imidazole rings is 1. The highest BCUT2D eigenvalue weighted by Gasteiger charge is 2.35. The van der Waals surface area contributed by atoms with Crippen LogP contribution in [0.4, 0.5) is 11.6 Å². The average molecular weight is 339 g/mol. The third-order valence-corrected chi connectivity index (χ3v) is 4.50. The van der Waals surface area contributed by atoms with Gasteiger partial charge in [0.25, 0.3) is 0 Å². The molecule has 1 unspecified atom stereocenters. The minimum Gasteiger partial charge on any atom is -0.367 e. The zero-order valence-electron chi connectivity index (χ0n) is 13.7. The zero-order valence-corrected chi connectivity index (χ0v) is 13.7. The number of nitro groups is 1. The number of ether oxygens (including phenoxy) is 1. The van der Waals surface area contributed by atoms with Crippen molar-refractivity contribution in [2.75, 3.05) is 24.6 Å². The van der Waals surface area contributed by atoms with E-state index in [1.165, 1.54) is 10.7 Å². The number of hydrogen-bond donors (Lipinski definition) is 0. The Morgan fingerprint density at radius 1 is 1.24 bits per heavy atom. The van der Waals surface area contributed by atoms with Crippen molar-refractivity contribution in [3.8, 4) is 0 Å². The molecule has 3 heterocycles. The van der Waals surface area contributed by atoms with Crippen LogP contribution < -0.4 is 4.90 Å². The van der Waals surface area contributed by atoms with E-state index in [1.807, 2.05) is 43.3 Å². The lowest BCUT2D eigenvalue weighted by Crippen LogP contribution is -2.48. The van der Waals surface area contributed by atoms with Crippen molar-refractivity contribution in [2.24, 2.45) is 0 Å². The van der Waals surface area contributed by atoms with Gasteiger partial charge in [-0.05, 0) is 23.5 Å². The van der Waals surface area contributed by atoms with Crippen LogP contribution in [0.2, 0.25) is 0 Å². The molecule has 1 aliphatic rings. The molecular formula is C17H17N5O3. The number of aromatic nitrogens is 3. The average Bonchev–Trinajstić information content (AvgIpc) is 3.06. The number of benzene rings is 1. The summed E-state index contributed by atoms with van der Waals surface area (Å²) in [4.78, 5) is 16.7. The Balaban J connectivity index is 1.68. The lowest BCUT2D eigenvalue weighted by atomic mass is 9.94. The normalized spacial score (nSPS) is 20.8. The van der Waals surface area contributed by atoms with Crippen LogP contribution in [-0.2, 0) is 10.3 Å². The minimum atomic E-state index is -0.482. The van der Waals surface area contributed by atoms with Crippen LogP contribution in [-0.4, -0.2) is 39.2 Å². The monoisotopic (exact) mass is 339 g/mol. The summed E-state index contributed by atoms with van der Waals surface area (Å²) >= 11 is 0. The molecule has 1 fully saturated rings. The standard InChI is InChI=1S/C17H17N5O3/c1-17(13-5-3-2-4-6-13)12-20(9-10-25-17)15-8-7-14-18-11-16(22(23)24)21(14)19-15/h2-8,11H,9-10,12H2,1H3. The second kappa shape index (κ2) is 5.82. The number of rotatable bonds is 3. The molecule has 0 aliphatic carbocycles. The molecule has 8 nitrogen and oxygen atoms in total. The van der Waals surface area contributed by atoms with Crippen LogP contribution >= 0.6 is 0 Å². The molecule has 0 N–H and O–H groups in total. The van der Waals surface area contributed by atoms with Crippen LogP contribution in [0, 0.1) is 10.1 Å². The topological polar surface area (TPSA) is 85.8 Å². The molecule has 1 aromatic carbocycles. The highest BCUT2D eigenvalue weighted by atomic mass is 16.6. The van der Waals surface area contributed by atoms with Crippen molar-refractivity contribution in [1.82, 2.24) is 14.6 Å². The van der Waals surface area contributed by atoms with E-state index >= 15 is 0 Å². The SMILES string of the molecule is CC1(c2ccccc2)CN(c2ccc3ncc([N+](=O)[O-])n3n2)CCO1. The van der Waals surface area contributed by atoms with E-state index in [2.05, 4.69) is 15.0 Å². The first-order chi connectivity index (χ1) is 12.1. The maximum absolute atomic E-state index is 11.1. The highest BCUT2D eigenvalue weighted by molar-refractivity contribution is 5.50. The van der Waals surface area contributed by atoms with E-state index in [0.717, 1.165) is 5.56 Å². The Hall–Kier alpha value is -3.00. The van der Waals surface area contributed by atoms with Crippen LogP contribution in [0.1, 0.15) is 12.5 Å². The fourth-order valence-corrected chi connectivity index (χ4v) is 3.18. The van der Waals surface area contributed by atoms with Crippen molar-refractivity contribution in [2.45, 2.75) is 12.5 Å². The molecule has 2 aromatic heterocycles. The Morgan fingerprint density at radius 2 is 2.04 bits per heavy atom. The summed E-state index contributed by atoms with van der Waals surface area (Å²) in [6.07, 6.45) is 1.22. The molecule has 0 saturated carbocycles. The van der Waals surface area contributed by atoms with Gasteiger partial charge in [-0.15, -0.1) is 0 Å². The van der Waals surface area contributed by atoms with Gasteiger partial charge >= 0.3 is 5.82 Å². The summed E-state index contributed by atoms with van der Waals surface area (Å²) in [6, 6.07) is 13.6. The summed E-state index contributed by atoms with van der Waals surface area (Å²) in [5.41, 5.74) is 1.08. The van der Waals surface area contributed by atoms with Crippen LogP contribution in [0.5, 0.6) is 0 Å². The molecule has 1 atom stereocenters. The van der Waals surface area contributed by atoms with E-state index in [9.17, 15) is 10.1 Å². The molecule has 1 saturated heterocycles. The Morgan fingerprint density at radius 3 is 2.80 bits per heavy atom. The van der Waals surface area contributed by atoms with E-state index in [4.69, 9.17) is 4.74 Å². The zero-order chi connectivity index (χ0) is 17.4. The van der Waals surface area contributed by atoms with Gasteiger partial charge in [-0.1, -0.05) is 39.9 Å². The molecule has 8 heteroatoms. The maximum Gasteiger partial charge on any atom is 0.368 e. The Kier molecular flexibility index (Phi) is 3.61. The highest BCUT2D eigenvalue weighted by Crippen LogP contribution is 2.31. The van der Waals surface area contributed by atoms with Crippen LogP contribution in [0.25, 0.3) is 5.65 Å². The number of fused-ring (bicyclic) bond motifs is 1. The number of morpholine rings is 1. The fourth-order valence-electron chi connectivity index (χ4n) is 3.18. The number of nitrogens with zero attached hydrogens (tertiary/aromatic N) is 5. The molecule has 0 amide bonds. The smallest absolute Gasteiger partial charge is 0.367 e. The van der Waals surface area contributed by atoms with Gasteiger partial charge in [0.1, 0.15) is 11.8 Å². The molecule has 1 aliphatic heterocycles. The van der Waals surface area contributed by atoms with Gasteiger partial charge in [0.15, 0.2) is 5.82 Å². The lowest BCUT2D eigenvalue weighted by molar-refractivity contribution is -0.391. The molecule has 0 spiro atoms. The summed E-state index contributed by atoms with van der Waals surface area (Å²) in [7, 11) is 0. The summed E-state index contributed by atoms with van der Waals surface area (Å²) < 4.78 is 7.31. The predicted molar refractivity (Wildman–Crippen MR) is 91.6 cm³/mol. The van der Waals surface area contributed by atoms with Gasteiger partial charge in [-0.2, -0.15) is 0 Å². The number of anilines is 1. The van der Waals surface area contributed by atoms with E-state index in [1.54, 1.807) is 6.07 Å². The largest absolute Gasteiger partial charge is 0.368 e. The predicted octanol–water partition coefficient (Wildman–Crippen LogP) is 2.39. The third kappa shape index (κ3) is 2.70. The molecule has 25 heavy (non-hydrogen) atoms. The van der Waals surface area contributed by atoms with E-state index in [0.29, 0.717) is 31.2 Å². The van der Waals surface area contributed by atoms with Crippen molar-refractivity contribution >= 4 is 17.3 Å². The van der Waals surface area contributed by atoms with Crippen molar-refractivity contribution < 1.29 is 9.66 Å². The molecule has 128 valence electrons. The van der Waals surface area contributed by atoms with Crippen LogP contribution in [0.3, 0.4) is 0 Å². The first kappa shape index (κ1) is 15.5. The van der Waals surface area contributed by atoms with E-state index < -0.39 is 10.5 Å². The molecular weight excluding hydrogens is 322 g/mol. The maximum atomic E-state index is 11.1. The summed E-state index contributed by atoms with van der Waals surface area (Å²) in [5.74, 6) is 0.523. The van der Waals surface area contributed by atoms with Crippen molar-refractivity contribution in [3.05, 3.63) is 64.3 Å². The van der Waals surface area contributed by atoms with Gasteiger partial charge in [0.05, 0.1) is 13.2 Å². The summed E-state index contributed by atoms with van der Waals surface area (Å²) in [6.45, 7) is 3.88. The Labute approximate surface area is 143 Å². The van der Waals surface area contributed by atoms with Gasteiger partial charge in [0.2, 0.25) is 5.65 Å².